The first kappa shape index (κ1) is 21.4. The van der Waals surface area contributed by atoms with E-state index in [1.54, 1.807) is 22.8 Å². The van der Waals surface area contributed by atoms with E-state index in [1.165, 1.54) is 11.1 Å². The summed E-state index contributed by atoms with van der Waals surface area (Å²) in [5.74, 6) is 0.834. The molecule has 0 spiro atoms. The molecule has 2 saturated heterocycles. The van der Waals surface area contributed by atoms with Gasteiger partial charge >= 0.3 is 0 Å². The van der Waals surface area contributed by atoms with Gasteiger partial charge in [-0.05, 0) is 30.9 Å². The van der Waals surface area contributed by atoms with Gasteiger partial charge in [-0.2, -0.15) is 5.10 Å². The number of ether oxygens (including phenoxy) is 1. The van der Waals surface area contributed by atoms with Gasteiger partial charge in [0, 0.05) is 58.6 Å². The molecular weight excluding hydrogens is 392 g/mol. The normalized spacial score (nSPS) is 19.6. The summed E-state index contributed by atoms with van der Waals surface area (Å²) < 4.78 is 7.40. The summed E-state index contributed by atoms with van der Waals surface area (Å²) in [7, 11) is 3.64. The Hall–Kier alpha value is -2.87. The number of nitrogens with zero attached hydrogens (tertiary/aromatic N) is 5. The van der Waals surface area contributed by atoms with E-state index in [4.69, 9.17) is 4.74 Å². The molecule has 0 unspecified atom stereocenters. The van der Waals surface area contributed by atoms with Gasteiger partial charge in [-0.25, -0.2) is 0 Å². The topological polar surface area (TPSA) is 75.0 Å². The maximum atomic E-state index is 12.8. The van der Waals surface area contributed by atoms with Crippen molar-refractivity contribution in [1.29, 1.82) is 0 Å². The molecule has 1 amide bonds. The molecule has 2 aliphatic rings. The van der Waals surface area contributed by atoms with Gasteiger partial charge in [-0.1, -0.05) is 24.3 Å². The van der Waals surface area contributed by atoms with Crippen LogP contribution in [0, 0.1) is 6.92 Å². The van der Waals surface area contributed by atoms with Gasteiger partial charge in [-0.3, -0.25) is 14.5 Å². The van der Waals surface area contributed by atoms with Gasteiger partial charge in [0.25, 0.3) is 0 Å². The molecule has 1 aromatic heterocycles. The van der Waals surface area contributed by atoms with Gasteiger partial charge in [0.2, 0.25) is 5.91 Å². The molecule has 8 heteroatoms. The van der Waals surface area contributed by atoms with Gasteiger partial charge in [-0.15, -0.1) is 0 Å². The van der Waals surface area contributed by atoms with E-state index in [-0.39, 0.29) is 11.3 Å². The molecule has 2 aliphatic heterocycles. The number of carbonyl (C=O) groups excluding carboxylic acids is 1. The number of carbonyl (C=O) groups is 1. The van der Waals surface area contributed by atoms with Crippen molar-refractivity contribution in [2.24, 2.45) is 12.0 Å². The van der Waals surface area contributed by atoms with Crippen molar-refractivity contribution in [2.75, 3.05) is 51.3 Å². The van der Waals surface area contributed by atoms with Gasteiger partial charge in [0.1, 0.15) is 6.54 Å². The number of aryl methyl sites for hydroxylation is 2. The van der Waals surface area contributed by atoms with Crippen molar-refractivity contribution < 1.29 is 9.53 Å². The van der Waals surface area contributed by atoms with Gasteiger partial charge in [0.15, 0.2) is 5.96 Å². The Kier molecular flexibility index (Phi) is 6.27. The van der Waals surface area contributed by atoms with Crippen LogP contribution < -0.4 is 10.2 Å². The lowest BCUT2D eigenvalue weighted by atomic mass is 9.72. The lowest BCUT2D eigenvalue weighted by Crippen LogP contribution is -2.57. The summed E-state index contributed by atoms with van der Waals surface area (Å²) in [4.78, 5) is 21.1. The number of hydrogen-bond acceptors (Lipinski definition) is 4. The Bertz CT molecular complexity index is 947. The number of hydrogen-bond donors (Lipinski definition) is 1. The number of aromatic nitrogens is 2. The number of guanidine groups is 1. The molecule has 0 aliphatic carbocycles. The Morgan fingerprint density at radius 1 is 1.26 bits per heavy atom. The molecular formula is C23H32N6O2. The highest BCUT2D eigenvalue weighted by Gasteiger charge is 2.36. The highest BCUT2D eigenvalue weighted by Crippen LogP contribution is 2.36. The van der Waals surface area contributed by atoms with Crippen molar-refractivity contribution in [3.63, 3.8) is 0 Å². The van der Waals surface area contributed by atoms with Crippen LogP contribution in [0.1, 0.15) is 24.0 Å². The van der Waals surface area contributed by atoms with Gasteiger partial charge < -0.3 is 19.9 Å². The van der Waals surface area contributed by atoms with Crippen molar-refractivity contribution in [3.8, 4) is 0 Å². The van der Waals surface area contributed by atoms with E-state index in [0.717, 1.165) is 50.8 Å². The molecule has 3 heterocycles. The highest BCUT2D eigenvalue weighted by atomic mass is 16.5. The quantitative estimate of drug-likeness (QED) is 0.597. The summed E-state index contributed by atoms with van der Waals surface area (Å²) >= 11 is 0. The Morgan fingerprint density at radius 3 is 2.68 bits per heavy atom. The maximum Gasteiger partial charge on any atom is 0.246 e. The van der Waals surface area contributed by atoms with E-state index in [1.807, 2.05) is 18.1 Å². The average Bonchev–Trinajstić information content (AvgIpc) is 3.21. The molecule has 0 atom stereocenters. The number of rotatable bonds is 4. The van der Waals surface area contributed by atoms with Crippen molar-refractivity contribution >= 4 is 17.6 Å². The van der Waals surface area contributed by atoms with Crippen LogP contribution in [0.4, 0.5) is 5.69 Å². The molecule has 2 aromatic rings. The predicted molar refractivity (Wildman–Crippen MR) is 121 cm³/mol. The fraction of sp³-hybridized carbons (Fsp3) is 0.522. The molecule has 2 fully saturated rings. The first-order valence-corrected chi connectivity index (χ1v) is 10.9. The van der Waals surface area contributed by atoms with Crippen LogP contribution in [0.25, 0.3) is 0 Å². The Morgan fingerprint density at radius 2 is 2.03 bits per heavy atom. The van der Waals surface area contributed by atoms with Crippen LogP contribution >= 0.6 is 0 Å². The van der Waals surface area contributed by atoms with Crippen LogP contribution in [0.2, 0.25) is 0 Å². The lowest BCUT2D eigenvalue weighted by Gasteiger charge is -2.41. The molecule has 1 aromatic carbocycles. The fourth-order valence-electron chi connectivity index (χ4n) is 4.73. The van der Waals surface area contributed by atoms with Crippen molar-refractivity contribution in [3.05, 3.63) is 47.8 Å². The Balaban J connectivity index is 1.45. The fourth-order valence-corrected chi connectivity index (χ4v) is 4.73. The molecule has 8 nitrogen and oxygen atoms in total. The van der Waals surface area contributed by atoms with E-state index in [2.05, 4.69) is 46.6 Å². The minimum absolute atomic E-state index is 0.00106. The molecule has 0 saturated carbocycles. The van der Waals surface area contributed by atoms with Crippen LogP contribution in [0.3, 0.4) is 0 Å². The summed E-state index contributed by atoms with van der Waals surface area (Å²) in [5.41, 5.74) is 3.53. The Labute approximate surface area is 183 Å². The number of piperazine rings is 1. The third kappa shape index (κ3) is 4.44. The largest absolute Gasteiger partial charge is 0.381 e. The van der Waals surface area contributed by atoms with E-state index in [9.17, 15) is 4.79 Å². The molecule has 1 N–H and O–H groups in total. The summed E-state index contributed by atoms with van der Waals surface area (Å²) in [6.45, 7) is 6.11. The van der Waals surface area contributed by atoms with Crippen molar-refractivity contribution in [1.82, 2.24) is 20.0 Å². The van der Waals surface area contributed by atoms with E-state index >= 15 is 0 Å². The predicted octanol–water partition coefficient (Wildman–Crippen LogP) is 1.70. The molecule has 0 bridgehead atoms. The standard InChI is InChI=1S/C23H32N6O2/c1-18-6-4-5-7-20(18)23(8-12-31-13-9-23)17-25-22(24-2)28-10-11-29(21(30)16-28)19-14-26-27(3)15-19/h4-7,14-15H,8-13,16-17H2,1-3H3,(H,24,25). The highest BCUT2D eigenvalue weighted by molar-refractivity contribution is 5.98. The number of benzene rings is 1. The van der Waals surface area contributed by atoms with E-state index < -0.39 is 0 Å². The van der Waals surface area contributed by atoms with Crippen LogP contribution in [-0.4, -0.2) is 73.0 Å². The zero-order valence-electron chi connectivity index (χ0n) is 18.7. The van der Waals surface area contributed by atoms with Crippen LogP contribution in [0.15, 0.2) is 41.7 Å². The minimum atomic E-state index is 0.00106. The molecule has 166 valence electrons. The van der Waals surface area contributed by atoms with Gasteiger partial charge in [0.05, 0.1) is 11.9 Å². The summed E-state index contributed by atoms with van der Waals surface area (Å²) in [5, 5.41) is 7.77. The first-order valence-electron chi connectivity index (χ1n) is 10.9. The molecule has 0 radical (unpaired) electrons. The summed E-state index contributed by atoms with van der Waals surface area (Å²) in [6.07, 6.45) is 5.54. The minimum Gasteiger partial charge on any atom is -0.381 e. The second-order valence-electron chi connectivity index (χ2n) is 8.45. The van der Waals surface area contributed by atoms with Crippen LogP contribution in [-0.2, 0) is 22.0 Å². The van der Waals surface area contributed by atoms with Crippen molar-refractivity contribution in [2.45, 2.75) is 25.2 Å². The number of nitrogens with one attached hydrogen (secondary N) is 1. The third-order valence-electron chi connectivity index (χ3n) is 6.49. The van der Waals surface area contributed by atoms with E-state index in [0.29, 0.717) is 13.1 Å². The smallest absolute Gasteiger partial charge is 0.246 e. The summed E-state index contributed by atoms with van der Waals surface area (Å²) in [6, 6.07) is 8.62. The first-order chi connectivity index (χ1) is 15.0. The monoisotopic (exact) mass is 424 g/mol. The zero-order chi connectivity index (χ0) is 21.8. The second-order valence-corrected chi connectivity index (χ2v) is 8.45. The number of aliphatic imine (C=N–C) groups is 1. The number of amides is 1. The maximum absolute atomic E-state index is 12.8. The SMILES string of the molecule is CN=C(NCC1(c2ccccc2C)CCOCC1)N1CCN(c2cnn(C)c2)C(=O)C1. The molecule has 4 rings (SSSR count). The molecule has 31 heavy (non-hydrogen) atoms. The third-order valence-corrected chi connectivity index (χ3v) is 6.49. The number of anilines is 1. The lowest BCUT2D eigenvalue weighted by molar-refractivity contribution is -0.120. The zero-order valence-corrected chi connectivity index (χ0v) is 18.7. The average molecular weight is 425 g/mol. The second kappa shape index (κ2) is 9.09. The van der Waals surface area contributed by atoms with Crippen LogP contribution in [0.5, 0.6) is 0 Å².